The molecule has 0 unspecified atom stereocenters. The Morgan fingerprint density at radius 3 is 2.57 bits per heavy atom. The highest BCUT2D eigenvalue weighted by Crippen LogP contribution is 2.18. The minimum atomic E-state index is -1.14. The number of nitrogens with one attached hydrogen (secondary N) is 1. The van der Waals surface area contributed by atoms with E-state index >= 15 is 0 Å². The molecule has 2 N–H and O–H groups in total. The summed E-state index contributed by atoms with van der Waals surface area (Å²) in [7, 11) is 1.42. The van der Waals surface area contributed by atoms with Gasteiger partial charge in [-0.25, -0.2) is 9.48 Å². The normalized spacial score (nSPS) is 10.2. The van der Waals surface area contributed by atoms with Crippen LogP contribution < -0.4 is 10.9 Å². The van der Waals surface area contributed by atoms with Crippen LogP contribution in [0.15, 0.2) is 35.1 Å². The maximum absolute atomic E-state index is 12.1. The van der Waals surface area contributed by atoms with Gasteiger partial charge < -0.3 is 10.4 Å². The minimum absolute atomic E-state index is 0.00632. The zero-order chi connectivity index (χ0) is 15.6. The summed E-state index contributed by atoms with van der Waals surface area (Å²) in [5, 5.41) is 15.4. The van der Waals surface area contributed by atoms with Crippen LogP contribution in [0.2, 0.25) is 0 Å². The summed E-state index contributed by atoms with van der Waals surface area (Å²) in [6.45, 7) is 1.76. The Kier molecular flexibility index (Phi) is 3.84. The molecule has 0 saturated heterocycles. The van der Waals surface area contributed by atoms with Crippen molar-refractivity contribution >= 4 is 17.6 Å². The molecular weight excluding hydrogens is 274 g/mol. The van der Waals surface area contributed by atoms with Gasteiger partial charge in [-0.2, -0.15) is 5.10 Å². The molecule has 1 amide bonds. The van der Waals surface area contributed by atoms with Gasteiger partial charge in [0.2, 0.25) is 0 Å². The zero-order valence-electron chi connectivity index (χ0n) is 11.5. The Morgan fingerprint density at radius 2 is 1.95 bits per heavy atom. The quantitative estimate of drug-likeness (QED) is 0.878. The molecule has 0 fully saturated rings. The van der Waals surface area contributed by atoms with Gasteiger partial charge in [-0.15, -0.1) is 0 Å². The number of aromatic carboxylic acids is 1. The van der Waals surface area contributed by atoms with Gasteiger partial charge in [0.05, 0.1) is 11.3 Å². The monoisotopic (exact) mass is 287 g/mol. The fraction of sp³-hybridized carbons (Fsp3) is 0.143. The van der Waals surface area contributed by atoms with Gasteiger partial charge in [-0.05, 0) is 25.1 Å². The van der Waals surface area contributed by atoms with E-state index in [1.807, 2.05) is 0 Å². The number of amides is 1. The molecule has 108 valence electrons. The highest BCUT2D eigenvalue weighted by Gasteiger charge is 2.15. The number of nitrogens with zero attached hydrogens (tertiary/aromatic N) is 2. The van der Waals surface area contributed by atoms with E-state index in [4.69, 9.17) is 5.11 Å². The molecule has 0 atom stereocenters. The van der Waals surface area contributed by atoms with Crippen molar-refractivity contribution in [2.45, 2.75) is 6.92 Å². The summed E-state index contributed by atoms with van der Waals surface area (Å²) in [6, 6.07) is 7.17. The summed E-state index contributed by atoms with van der Waals surface area (Å²) < 4.78 is 1.03. The molecule has 1 aromatic carbocycles. The van der Waals surface area contributed by atoms with Crippen molar-refractivity contribution in [3.8, 4) is 0 Å². The molecule has 7 nitrogen and oxygen atoms in total. The molecule has 7 heteroatoms. The first-order chi connectivity index (χ1) is 9.88. The number of carbonyl (C=O) groups is 2. The highest BCUT2D eigenvalue weighted by molar-refractivity contribution is 6.06. The van der Waals surface area contributed by atoms with Crippen LogP contribution in [0.5, 0.6) is 0 Å². The molecule has 2 aromatic rings. The Hall–Kier alpha value is -2.96. The molecule has 0 aliphatic rings. The number of anilines is 1. The molecule has 1 aromatic heterocycles. The van der Waals surface area contributed by atoms with E-state index in [2.05, 4.69) is 10.4 Å². The number of carbonyl (C=O) groups excluding carboxylic acids is 1. The average Bonchev–Trinajstić information content (AvgIpc) is 2.43. The maximum atomic E-state index is 12.1. The smallest absolute Gasteiger partial charge is 0.337 e. The highest BCUT2D eigenvalue weighted by atomic mass is 16.4. The van der Waals surface area contributed by atoms with Crippen molar-refractivity contribution in [2.75, 3.05) is 5.32 Å². The molecule has 1 heterocycles. The van der Waals surface area contributed by atoms with Gasteiger partial charge in [-0.1, -0.05) is 11.6 Å². The predicted molar refractivity (Wildman–Crippen MR) is 75.6 cm³/mol. The third-order valence-corrected chi connectivity index (χ3v) is 2.85. The lowest BCUT2D eigenvalue weighted by molar-refractivity contribution is 0.0698. The Bertz CT molecular complexity index is 780. The third-order valence-electron chi connectivity index (χ3n) is 2.85. The van der Waals surface area contributed by atoms with Crippen molar-refractivity contribution in [3.63, 3.8) is 0 Å². The predicted octanol–water partition coefficient (Wildman–Crippen LogP) is 1.04. The van der Waals surface area contributed by atoms with Crippen LogP contribution in [0.4, 0.5) is 5.69 Å². The van der Waals surface area contributed by atoms with E-state index in [1.165, 1.54) is 31.3 Å². The largest absolute Gasteiger partial charge is 0.478 e. The molecule has 0 bridgehead atoms. The number of aromatic nitrogens is 2. The van der Waals surface area contributed by atoms with E-state index in [-0.39, 0.29) is 22.5 Å². The van der Waals surface area contributed by atoms with Gasteiger partial charge in [0.1, 0.15) is 5.69 Å². The third kappa shape index (κ3) is 3.14. The fourth-order valence-corrected chi connectivity index (χ4v) is 1.75. The number of aryl methyl sites for hydroxylation is 2. The van der Waals surface area contributed by atoms with Gasteiger partial charge in [-0.3, -0.25) is 9.59 Å². The second-order valence-electron chi connectivity index (χ2n) is 4.49. The summed E-state index contributed by atoms with van der Waals surface area (Å²) in [5.41, 5.74) is 0.620. The second kappa shape index (κ2) is 5.58. The number of hydrogen-bond acceptors (Lipinski definition) is 4. The van der Waals surface area contributed by atoms with Gasteiger partial charge in [0.15, 0.2) is 0 Å². The van der Waals surface area contributed by atoms with E-state index in [0.717, 1.165) is 10.2 Å². The molecule has 0 spiro atoms. The molecule has 0 aliphatic heterocycles. The van der Waals surface area contributed by atoms with E-state index in [9.17, 15) is 14.4 Å². The molecular formula is C14H13N3O4. The lowest BCUT2D eigenvalue weighted by Gasteiger charge is -2.09. The van der Waals surface area contributed by atoms with E-state index in [1.54, 1.807) is 13.0 Å². The van der Waals surface area contributed by atoms with Crippen LogP contribution in [0.25, 0.3) is 0 Å². The Balaban J connectivity index is 2.33. The first-order valence-electron chi connectivity index (χ1n) is 6.08. The molecule has 0 saturated carbocycles. The van der Waals surface area contributed by atoms with Crippen LogP contribution in [-0.2, 0) is 7.05 Å². The standard InChI is InChI=1S/C14H13N3O4/c1-8-3-4-10(9(7-8)14(20)21)15-13(19)11-5-6-12(18)17(2)16-11/h3-7H,1-2H3,(H,15,19)(H,20,21). The van der Waals surface area contributed by atoms with E-state index < -0.39 is 11.9 Å². The van der Waals surface area contributed by atoms with Gasteiger partial charge in [0.25, 0.3) is 11.5 Å². The number of benzene rings is 1. The van der Waals surface area contributed by atoms with Crippen molar-refractivity contribution in [1.82, 2.24) is 9.78 Å². The van der Waals surface area contributed by atoms with Crippen LogP contribution in [0, 0.1) is 6.92 Å². The van der Waals surface area contributed by atoms with Gasteiger partial charge >= 0.3 is 5.97 Å². The summed E-state index contributed by atoms with van der Waals surface area (Å²) in [5.74, 6) is -1.72. The molecule has 21 heavy (non-hydrogen) atoms. The molecule has 0 aliphatic carbocycles. The SMILES string of the molecule is Cc1ccc(NC(=O)c2ccc(=O)n(C)n2)c(C(=O)O)c1. The topological polar surface area (TPSA) is 101 Å². The minimum Gasteiger partial charge on any atom is -0.478 e. The van der Waals surface area contributed by atoms with Crippen LogP contribution in [0.3, 0.4) is 0 Å². The van der Waals surface area contributed by atoms with Crippen LogP contribution in [0.1, 0.15) is 26.4 Å². The Labute approximate surface area is 119 Å². The first-order valence-corrected chi connectivity index (χ1v) is 6.08. The maximum Gasteiger partial charge on any atom is 0.337 e. The number of hydrogen-bond donors (Lipinski definition) is 2. The lowest BCUT2D eigenvalue weighted by Crippen LogP contribution is -2.24. The van der Waals surface area contributed by atoms with Crippen molar-refractivity contribution < 1.29 is 14.7 Å². The molecule has 2 rings (SSSR count). The first kappa shape index (κ1) is 14.4. The number of rotatable bonds is 3. The summed E-state index contributed by atoms with van der Waals surface area (Å²) in [6.07, 6.45) is 0. The van der Waals surface area contributed by atoms with Crippen LogP contribution >= 0.6 is 0 Å². The van der Waals surface area contributed by atoms with Crippen molar-refractivity contribution in [1.29, 1.82) is 0 Å². The second-order valence-corrected chi connectivity index (χ2v) is 4.49. The number of carboxylic acids is 1. The van der Waals surface area contributed by atoms with Crippen LogP contribution in [-0.4, -0.2) is 26.8 Å². The lowest BCUT2D eigenvalue weighted by atomic mass is 10.1. The van der Waals surface area contributed by atoms with Gasteiger partial charge in [0, 0.05) is 13.1 Å². The summed E-state index contributed by atoms with van der Waals surface area (Å²) in [4.78, 5) is 34.5. The molecule has 0 radical (unpaired) electrons. The zero-order valence-corrected chi connectivity index (χ0v) is 11.5. The Morgan fingerprint density at radius 1 is 1.24 bits per heavy atom. The fourth-order valence-electron chi connectivity index (χ4n) is 1.75. The summed E-state index contributed by atoms with van der Waals surface area (Å²) >= 11 is 0. The van der Waals surface area contributed by atoms with E-state index in [0.29, 0.717) is 0 Å². The van der Waals surface area contributed by atoms with Crippen molar-refractivity contribution in [3.05, 3.63) is 57.5 Å². The number of carboxylic acid groups (broad SMARTS) is 1. The average molecular weight is 287 g/mol. The van der Waals surface area contributed by atoms with Crippen molar-refractivity contribution in [2.24, 2.45) is 7.05 Å².